The number of amides is 1. The molecule has 0 aliphatic heterocycles. The molecule has 21 heavy (non-hydrogen) atoms. The average Bonchev–Trinajstić information content (AvgIpc) is 2.71. The largest absolute Gasteiger partial charge is 0.444 e. The van der Waals surface area contributed by atoms with Gasteiger partial charge in [-0.15, -0.1) is 0 Å². The van der Waals surface area contributed by atoms with Crippen molar-refractivity contribution in [2.24, 2.45) is 5.92 Å². The van der Waals surface area contributed by atoms with Crippen molar-refractivity contribution in [2.45, 2.75) is 71.6 Å². The maximum atomic E-state index is 11.9. The Kier molecular flexibility index (Phi) is 4.59. The lowest BCUT2D eigenvalue weighted by Gasteiger charge is -2.33. The number of ether oxygens (including phenoxy) is 1. The van der Waals surface area contributed by atoms with Gasteiger partial charge in [-0.3, -0.25) is 0 Å². The third kappa shape index (κ3) is 3.99. The fourth-order valence-corrected chi connectivity index (χ4v) is 2.70. The highest BCUT2D eigenvalue weighted by molar-refractivity contribution is 5.68. The van der Waals surface area contributed by atoms with Crippen molar-refractivity contribution in [2.75, 3.05) is 0 Å². The summed E-state index contributed by atoms with van der Waals surface area (Å²) in [6.45, 7) is 9.78. The van der Waals surface area contributed by atoms with Crippen LogP contribution in [0.15, 0.2) is 12.5 Å². The quantitative estimate of drug-likeness (QED) is 0.918. The molecule has 1 fully saturated rings. The Bertz CT molecular complexity index is 486. The number of nitrogens with zero attached hydrogens (tertiary/aromatic N) is 2. The molecule has 2 unspecified atom stereocenters. The van der Waals surface area contributed by atoms with E-state index in [0.717, 1.165) is 11.6 Å². The summed E-state index contributed by atoms with van der Waals surface area (Å²) in [5.41, 5.74) is 0.545. The van der Waals surface area contributed by atoms with Crippen molar-refractivity contribution < 1.29 is 9.53 Å². The molecule has 1 aromatic rings. The van der Waals surface area contributed by atoms with Crippen LogP contribution in [0.1, 0.15) is 71.7 Å². The van der Waals surface area contributed by atoms with E-state index >= 15 is 0 Å². The van der Waals surface area contributed by atoms with Crippen LogP contribution < -0.4 is 5.32 Å². The Morgan fingerprint density at radius 1 is 1.43 bits per heavy atom. The van der Waals surface area contributed by atoms with Crippen molar-refractivity contribution in [3.05, 3.63) is 18.2 Å². The third-order valence-corrected chi connectivity index (χ3v) is 4.14. The lowest BCUT2D eigenvalue weighted by Crippen LogP contribution is -2.35. The first-order valence-electron chi connectivity index (χ1n) is 7.79. The lowest BCUT2D eigenvalue weighted by molar-refractivity contribution is 0.0505. The Morgan fingerprint density at radius 2 is 2.10 bits per heavy atom. The van der Waals surface area contributed by atoms with Crippen molar-refractivity contribution in [1.29, 1.82) is 0 Å². The summed E-state index contributed by atoms with van der Waals surface area (Å²) in [6.07, 6.45) is 7.20. The molecule has 5 heteroatoms. The van der Waals surface area contributed by atoms with Gasteiger partial charge in [-0.05, 0) is 53.4 Å². The Morgan fingerprint density at radius 3 is 2.62 bits per heavy atom. The molecule has 1 aliphatic carbocycles. The molecule has 5 nitrogen and oxygen atoms in total. The normalized spacial score (nSPS) is 18.7. The van der Waals surface area contributed by atoms with Gasteiger partial charge in [0.15, 0.2) is 0 Å². The van der Waals surface area contributed by atoms with E-state index in [0.29, 0.717) is 6.04 Å². The number of hydrogen-bond acceptors (Lipinski definition) is 3. The Labute approximate surface area is 127 Å². The maximum absolute atomic E-state index is 11.9. The SMILES string of the molecule is CC(NC(=O)OC(C)(C)C)c1cncn1C(C)C1CCC1. The van der Waals surface area contributed by atoms with E-state index in [1.165, 1.54) is 19.3 Å². The highest BCUT2D eigenvalue weighted by Gasteiger charge is 2.27. The predicted octanol–water partition coefficient (Wildman–Crippen LogP) is 3.83. The van der Waals surface area contributed by atoms with Crippen LogP contribution >= 0.6 is 0 Å². The smallest absolute Gasteiger partial charge is 0.408 e. The molecule has 118 valence electrons. The summed E-state index contributed by atoms with van der Waals surface area (Å²) >= 11 is 0. The number of aromatic nitrogens is 2. The van der Waals surface area contributed by atoms with Gasteiger partial charge >= 0.3 is 6.09 Å². The summed E-state index contributed by atoms with van der Waals surface area (Å²) in [7, 11) is 0. The van der Waals surface area contributed by atoms with Gasteiger partial charge in [0.1, 0.15) is 5.60 Å². The number of imidazole rings is 1. The second-order valence-corrected chi connectivity index (χ2v) is 7.03. The van der Waals surface area contributed by atoms with Gasteiger partial charge in [-0.2, -0.15) is 0 Å². The molecular formula is C16H27N3O2. The minimum Gasteiger partial charge on any atom is -0.444 e. The zero-order valence-corrected chi connectivity index (χ0v) is 13.7. The van der Waals surface area contributed by atoms with Crippen LogP contribution in [0.25, 0.3) is 0 Å². The Balaban J connectivity index is 2.01. The van der Waals surface area contributed by atoms with E-state index < -0.39 is 5.60 Å². The minimum absolute atomic E-state index is 0.120. The van der Waals surface area contributed by atoms with Crippen molar-refractivity contribution in [3.8, 4) is 0 Å². The molecule has 1 N–H and O–H groups in total. The molecule has 1 aromatic heterocycles. The molecule has 0 radical (unpaired) electrons. The number of hydrogen-bond donors (Lipinski definition) is 1. The minimum atomic E-state index is -0.483. The summed E-state index contributed by atoms with van der Waals surface area (Å²) in [5.74, 6) is 0.728. The fourth-order valence-electron chi connectivity index (χ4n) is 2.70. The lowest BCUT2D eigenvalue weighted by atomic mass is 9.80. The molecule has 1 saturated carbocycles. The second kappa shape index (κ2) is 6.08. The van der Waals surface area contributed by atoms with Crippen LogP contribution in [0.5, 0.6) is 0 Å². The van der Waals surface area contributed by atoms with E-state index in [-0.39, 0.29) is 12.1 Å². The van der Waals surface area contributed by atoms with Gasteiger partial charge in [0, 0.05) is 6.04 Å². The van der Waals surface area contributed by atoms with Gasteiger partial charge in [-0.1, -0.05) is 6.42 Å². The van der Waals surface area contributed by atoms with Gasteiger partial charge in [0.25, 0.3) is 0 Å². The number of rotatable bonds is 4. The Hall–Kier alpha value is -1.52. The average molecular weight is 293 g/mol. The van der Waals surface area contributed by atoms with Crippen LogP contribution in [0.4, 0.5) is 4.79 Å². The first-order chi connectivity index (χ1) is 9.78. The van der Waals surface area contributed by atoms with Gasteiger partial charge < -0.3 is 14.6 Å². The van der Waals surface area contributed by atoms with Crippen LogP contribution in [-0.2, 0) is 4.74 Å². The van der Waals surface area contributed by atoms with E-state index in [9.17, 15) is 4.79 Å². The molecule has 1 heterocycles. The number of carbonyl (C=O) groups excluding carboxylic acids is 1. The predicted molar refractivity (Wildman–Crippen MR) is 82.1 cm³/mol. The fraction of sp³-hybridized carbons (Fsp3) is 0.750. The zero-order chi connectivity index (χ0) is 15.6. The van der Waals surface area contributed by atoms with Crippen molar-refractivity contribution >= 4 is 6.09 Å². The molecule has 1 aliphatic rings. The summed E-state index contributed by atoms with van der Waals surface area (Å²) in [4.78, 5) is 16.1. The summed E-state index contributed by atoms with van der Waals surface area (Å²) in [6, 6.07) is 0.309. The summed E-state index contributed by atoms with van der Waals surface area (Å²) in [5, 5.41) is 2.89. The van der Waals surface area contributed by atoms with Gasteiger partial charge in [-0.25, -0.2) is 9.78 Å². The molecule has 2 rings (SSSR count). The molecule has 0 spiro atoms. The van der Waals surface area contributed by atoms with Crippen LogP contribution in [0.2, 0.25) is 0 Å². The highest BCUT2D eigenvalue weighted by atomic mass is 16.6. The number of alkyl carbamates (subject to hydrolysis) is 1. The summed E-state index contributed by atoms with van der Waals surface area (Å²) < 4.78 is 7.49. The van der Waals surface area contributed by atoms with E-state index in [4.69, 9.17) is 4.74 Å². The third-order valence-electron chi connectivity index (χ3n) is 4.14. The maximum Gasteiger partial charge on any atom is 0.408 e. The molecule has 0 bridgehead atoms. The number of nitrogens with one attached hydrogen (secondary N) is 1. The van der Waals surface area contributed by atoms with Crippen LogP contribution in [0, 0.1) is 5.92 Å². The first kappa shape index (κ1) is 15.9. The van der Waals surface area contributed by atoms with E-state index in [1.54, 1.807) is 0 Å². The van der Waals surface area contributed by atoms with Crippen molar-refractivity contribution in [3.63, 3.8) is 0 Å². The van der Waals surface area contributed by atoms with Crippen LogP contribution in [0.3, 0.4) is 0 Å². The van der Waals surface area contributed by atoms with Crippen molar-refractivity contribution in [1.82, 2.24) is 14.9 Å². The second-order valence-electron chi connectivity index (χ2n) is 7.03. The molecule has 1 amide bonds. The zero-order valence-electron chi connectivity index (χ0n) is 13.7. The topological polar surface area (TPSA) is 56.1 Å². The van der Waals surface area contributed by atoms with E-state index in [2.05, 4.69) is 21.8 Å². The van der Waals surface area contributed by atoms with E-state index in [1.807, 2.05) is 40.2 Å². The molecular weight excluding hydrogens is 266 g/mol. The highest BCUT2D eigenvalue weighted by Crippen LogP contribution is 2.37. The molecule has 2 atom stereocenters. The first-order valence-corrected chi connectivity index (χ1v) is 7.79. The molecule has 0 saturated heterocycles. The molecule has 0 aromatic carbocycles. The monoisotopic (exact) mass is 293 g/mol. The van der Waals surface area contributed by atoms with Gasteiger partial charge in [0.05, 0.1) is 24.3 Å². The number of carbonyl (C=O) groups is 1. The van der Waals surface area contributed by atoms with Crippen LogP contribution in [-0.4, -0.2) is 21.2 Å². The van der Waals surface area contributed by atoms with Gasteiger partial charge in [0.2, 0.25) is 0 Å². The standard InChI is InChI=1S/C16H27N3O2/c1-11(18-15(20)21-16(3,4)5)14-9-17-10-19(14)12(2)13-7-6-8-13/h9-13H,6-8H2,1-5H3,(H,18,20).